The van der Waals surface area contributed by atoms with E-state index in [2.05, 4.69) is 4.98 Å². The number of hydrogen-bond donors (Lipinski definition) is 1. The average molecular weight is 287 g/mol. The molecule has 110 valence electrons. The molecule has 0 unspecified atom stereocenters. The molecule has 0 aliphatic heterocycles. The fourth-order valence-electron chi connectivity index (χ4n) is 1.84. The molecule has 0 aliphatic carbocycles. The van der Waals surface area contributed by atoms with Crippen molar-refractivity contribution in [3.8, 4) is 11.5 Å². The second-order valence-electron chi connectivity index (χ2n) is 4.21. The van der Waals surface area contributed by atoms with Gasteiger partial charge in [-0.3, -0.25) is 9.78 Å². The molecule has 0 aliphatic rings. The summed E-state index contributed by atoms with van der Waals surface area (Å²) in [5.74, 6) is 0.807. The number of aromatic nitrogens is 1. The summed E-state index contributed by atoms with van der Waals surface area (Å²) in [7, 11) is 0. The van der Waals surface area contributed by atoms with Crippen LogP contribution in [0.25, 0.3) is 0 Å². The first kappa shape index (κ1) is 15.0. The minimum atomic E-state index is -0.176. The minimum Gasteiger partial charge on any atom is -0.490 e. The fraction of sp³-hybridized carbons (Fsp3) is 0.250. The van der Waals surface area contributed by atoms with Crippen LogP contribution in [0.2, 0.25) is 0 Å². The molecule has 0 saturated carbocycles. The van der Waals surface area contributed by atoms with Crippen molar-refractivity contribution in [2.45, 2.75) is 6.92 Å². The number of nitrogens with zero attached hydrogens (tertiary/aromatic N) is 1. The van der Waals surface area contributed by atoms with E-state index in [1.807, 2.05) is 6.92 Å². The minimum absolute atomic E-state index is 0.0832. The van der Waals surface area contributed by atoms with Gasteiger partial charge < -0.3 is 14.6 Å². The van der Waals surface area contributed by atoms with Gasteiger partial charge in [-0.25, -0.2) is 0 Å². The summed E-state index contributed by atoms with van der Waals surface area (Å²) in [6, 6.07) is 10.1. The smallest absolute Gasteiger partial charge is 0.211 e. The highest BCUT2D eigenvalue weighted by Crippen LogP contribution is 2.29. The quantitative estimate of drug-likeness (QED) is 0.790. The monoisotopic (exact) mass is 287 g/mol. The van der Waals surface area contributed by atoms with E-state index in [4.69, 9.17) is 14.6 Å². The molecule has 0 fully saturated rings. The predicted molar refractivity (Wildman–Crippen MR) is 77.9 cm³/mol. The number of carbonyl (C=O) groups is 1. The average Bonchev–Trinajstić information content (AvgIpc) is 2.54. The maximum absolute atomic E-state index is 12.3. The van der Waals surface area contributed by atoms with Gasteiger partial charge in [-0.15, -0.1) is 0 Å². The molecule has 21 heavy (non-hydrogen) atoms. The molecule has 5 nitrogen and oxygen atoms in total. The largest absolute Gasteiger partial charge is 0.490 e. The Balaban J connectivity index is 2.28. The van der Waals surface area contributed by atoms with Crippen LogP contribution in [-0.2, 0) is 0 Å². The van der Waals surface area contributed by atoms with Crippen molar-refractivity contribution in [2.24, 2.45) is 0 Å². The van der Waals surface area contributed by atoms with Crippen LogP contribution in [0.3, 0.4) is 0 Å². The van der Waals surface area contributed by atoms with Gasteiger partial charge in [-0.1, -0.05) is 6.07 Å². The number of aliphatic hydroxyl groups is 1. The zero-order valence-electron chi connectivity index (χ0n) is 11.8. The Morgan fingerprint density at radius 3 is 2.71 bits per heavy atom. The lowest BCUT2D eigenvalue weighted by molar-refractivity contribution is 0.103. The van der Waals surface area contributed by atoms with Crippen molar-refractivity contribution in [3.05, 3.63) is 53.9 Å². The molecule has 0 saturated heterocycles. The molecular weight excluding hydrogens is 270 g/mol. The molecule has 0 atom stereocenters. The Morgan fingerprint density at radius 1 is 1.19 bits per heavy atom. The van der Waals surface area contributed by atoms with Crippen LogP contribution in [0, 0.1) is 0 Å². The molecule has 1 aromatic heterocycles. The van der Waals surface area contributed by atoms with E-state index in [-0.39, 0.29) is 19.0 Å². The van der Waals surface area contributed by atoms with Crippen LogP contribution in [0.15, 0.2) is 42.6 Å². The molecule has 1 N–H and O–H groups in total. The van der Waals surface area contributed by atoms with Crippen molar-refractivity contribution in [1.82, 2.24) is 4.98 Å². The van der Waals surface area contributed by atoms with Crippen LogP contribution in [0.5, 0.6) is 11.5 Å². The summed E-state index contributed by atoms with van der Waals surface area (Å²) in [6.45, 7) is 2.40. The van der Waals surface area contributed by atoms with Crippen molar-refractivity contribution in [1.29, 1.82) is 0 Å². The molecule has 5 heteroatoms. The predicted octanol–water partition coefficient (Wildman–Crippen LogP) is 2.08. The molecule has 0 radical (unpaired) electrons. The van der Waals surface area contributed by atoms with Crippen LogP contribution in [0.4, 0.5) is 0 Å². The summed E-state index contributed by atoms with van der Waals surface area (Å²) in [5.41, 5.74) is 0.859. The van der Waals surface area contributed by atoms with Crippen molar-refractivity contribution >= 4 is 5.78 Å². The Labute approximate surface area is 123 Å². The van der Waals surface area contributed by atoms with E-state index in [9.17, 15) is 4.79 Å². The normalized spacial score (nSPS) is 10.2. The van der Waals surface area contributed by atoms with Gasteiger partial charge in [0.05, 0.1) is 13.2 Å². The lowest BCUT2D eigenvalue weighted by Gasteiger charge is -2.12. The number of hydrogen-bond acceptors (Lipinski definition) is 5. The third-order valence-electron chi connectivity index (χ3n) is 2.75. The number of aliphatic hydroxyl groups excluding tert-OH is 1. The molecule has 0 bridgehead atoms. The van der Waals surface area contributed by atoms with Gasteiger partial charge in [0.15, 0.2) is 11.5 Å². The third-order valence-corrected chi connectivity index (χ3v) is 2.75. The molecular formula is C16H17NO4. The van der Waals surface area contributed by atoms with Gasteiger partial charge in [0.1, 0.15) is 12.3 Å². The molecule has 2 rings (SSSR count). The van der Waals surface area contributed by atoms with Gasteiger partial charge in [-0.2, -0.15) is 0 Å². The first-order valence-electron chi connectivity index (χ1n) is 6.72. The van der Waals surface area contributed by atoms with Gasteiger partial charge >= 0.3 is 0 Å². The van der Waals surface area contributed by atoms with E-state index < -0.39 is 0 Å². The van der Waals surface area contributed by atoms with Crippen LogP contribution >= 0.6 is 0 Å². The van der Waals surface area contributed by atoms with Crippen molar-refractivity contribution in [3.63, 3.8) is 0 Å². The lowest BCUT2D eigenvalue weighted by atomic mass is 10.1. The molecule has 2 aromatic rings. The summed E-state index contributed by atoms with van der Waals surface area (Å²) < 4.78 is 10.9. The van der Waals surface area contributed by atoms with E-state index in [1.165, 1.54) is 0 Å². The van der Waals surface area contributed by atoms with E-state index in [0.717, 1.165) is 0 Å². The lowest BCUT2D eigenvalue weighted by Crippen LogP contribution is -2.07. The number of ketones is 1. The number of rotatable bonds is 7. The van der Waals surface area contributed by atoms with Gasteiger partial charge in [-0.05, 0) is 37.3 Å². The maximum Gasteiger partial charge on any atom is 0.211 e. The Hall–Kier alpha value is -2.40. The zero-order valence-corrected chi connectivity index (χ0v) is 11.8. The summed E-state index contributed by atoms with van der Waals surface area (Å²) in [5, 5.41) is 8.81. The van der Waals surface area contributed by atoms with Crippen LogP contribution in [-0.4, -0.2) is 35.7 Å². The highest BCUT2D eigenvalue weighted by molar-refractivity contribution is 6.08. The van der Waals surface area contributed by atoms with Crippen LogP contribution < -0.4 is 9.47 Å². The molecule has 1 heterocycles. The Bertz CT molecular complexity index is 598. The Kier molecular flexibility index (Phi) is 5.29. The van der Waals surface area contributed by atoms with E-state index in [1.54, 1.807) is 42.6 Å². The van der Waals surface area contributed by atoms with E-state index >= 15 is 0 Å². The van der Waals surface area contributed by atoms with Crippen molar-refractivity contribution in [2.75, 3.05) is 19.8 Å². The van der Waals surface area contributed by atoms with Crippen LogP contribution in [0.1, 0.15) is 23.0 Å². The summed E-state index contributed by atoms with van der Waals surface area (Å²) >= 11 is 0. The highest BCUT2D eigenvalue weighted by atomic mass is 16.5. The summed E-state index contributed by atoms with van der Waals surface area (Å²) in [4.78, 5) is 16.4. The van der Waals surface area contributed by atoms with Crippen molar-refractivity contribution < 1.29 is 19.4 Å². The second-order valence-corrected chi connectivity index (χ2v) is 4.21. The Morgan fingerprint density at radius 2 is 2.05 bits per heavy atom. The first-order valence-corrected chi connectivity index (χ1v) is 6.72. The van der Waals surface area contributed by atoms with Gasteiger partial charge in [0.25, 0.3) is 0 Å². The third kappa shape index (κ3) is 3.79. The number of carbonyl (C=O) groups excluding carboxylic acids is 1. The summed E-state index contributed by atoms with van der Waals surface area (Å²) in [6.07, 6.45) is 1.58. The number of pyridine rings is 1. The first-order chi connectivity index (χ1) is 10.3. The number of benzene rings is 1. The van der Waals surface area contributed by atoms with E-state index in [0.29, 0.717) is 29.4 Å². The van der Waals surface area contributed by atoms with Gasteiger partial charge in [0, 0.05) is 11.8 Å². The maximum atomic E-state index is 12.3. The second kappa shape index (κ2) is 7.40. The molecule has 1 aromatic carbocycles. The molecule has 0 amide bonds. The fourth-order valence-corrected chi connectivity index (χ4v) is 1.84. The topological polar surface area (TPSA) is 68.7 Å². The van der Waals surface area contributed by atoms with Gasteiger partial charge in [0.2, 0.25) is 5.78 Å². The zero-order chi connectivity index (χ0) is 15.1. The SMILES string of the molecule is CCOc1cc(C(=O)c2ccccn2)ccc1OCCO. The highest BCUT2D eigenvalue weighted by Gasteiger charge is 2.14. The molecule has 0 spiro atoms. The standard InChI is InChI=1S/C16H17NO4/c1-2-20-15-11-12(6-7-14(15)21-10-9-18)16(19)13-5-3-4-8-17-13/h3-8,11,18H,2,9-10H2,1H3. The number of ether oxygens (including phenoxy) is 2.